The minimum atomic E-state index is 0.0762. The highest BCUT2D eigenvalue weighted by Crippen LogP contribution is 2.36. The van der Waals surface area contributed by atoms with Crippen LogP contribution in [0.3, 0.4) is 0 Å². The molecule has 3 N–H and O–H groups in total. The molecule has 0 atom stereocenters. The monoisotopic (exact) mass is 384 g/mol. The largest absolute Gasteiger partial charge is 0.383 e. The average Bonchev–Trinajstić information content (AvgIpc) is 2.98. The zero-order valence-electron chi connectivity index (χ0n) is 16.3. The normalized spacial score (nSPS) is 21.3. The summed E-state index contributed by atoms with van der Waals surface area (Å²) in [5.41, 5.74) is 1.84. The van der Waals surface area contributed by atoms with E-state index in [1.54, 1.807) is 7.11 Å². The van der Waals surface area contributed by atoms with Crippen LogP contribution in [0.2, 0.25) is 0 Å². The molecule has 0 saturated carbocycles. The van der Waals surface area contributed by atoms with Crippen molar-refractivity contribution in [3.63, 3.8) is 0 Å². The lowest BCUT2D eigenvalue weighted by molar-refractivity contribution is -1.01. The first-order valence-electron chi connectivity index (χ1n) is 9.94. The average molecular weight is 384 g/mol. The molecular weight excluding hydrogens is 356 g/mol. The minimum absolute atomic E-state index is 0.0762. The van der Waals surface area contributed by atoms with Crippen molar-refractivity contribution >= 4 is 28.3 Å². The number of rotatable bonds is 7. The molecule has 2 aliphatic rings. The Labute approximate surface area is 164 Å². The van der Waals surface area contributed by atoms with E-state index in [1.165, 1.54) is 9.80 Å². The number of nitrogens with one attached hydrogen (secondary N) is 3. The molecule has 0 bridgehead atoms. The molecule has 0 unspecified atom stereocenters. The maximum absolute atomic E-state index is 12.9. The Balaban J connectivity index is 1.33. The van der Waals surface area contributed by atoms with Crippen molar-refractivity contribution in [3.8, 4) is 0 Å². The molecule has 2 aromatic rings. The highest BCUT2D eigenvalue weighted by Gasteiger charge is 2.34. The third kappa shape index (κ3) is 3.73. The Morgan fingerprint density at radius 2 is 1.82 bits per heavy atom. The number of methoxy groups -OCH3 is 1. The van der Waals surface area contributed by atoms with E-state index >= 15 is 0 Å². The Morgan fingerprint density at radius 3 is 2.57 bits per heavy atom. The molecule has 28 heavy (non-hydrogen) atoms. The van der Waals surface area contributed by atoms with Crippen LogP contribution in [0.25, 0.3) is 10.8 Å². The van der Waals surface area contributed by atoms with Crippen molar-refractivity contribution in [1.82, 2.24) is 5.32 Å². The molecule has 0 aromatic heterocycles. The number of quaternary nitrogens is 2. The Morgan fingerprint density at radius 1 is 1.11 bits per heavy atom. The fourth-order valence-electron chi connectivity index (χ4n) is 4.23. The number of anilines is 1. The van der Waals surface area contributed by atoms with Gasteiger partial charge >= 0.3 is 0 Å². The van der Waals surface area contributed by atoms with Crippen LogP contribution in [-0.4, -0.2) is 71.5 Å². The second-order valence-electron chi connectivity index (χ2n) is 7.59. The lowest BCUT2D eigenvalue weighted by atomic mass is 10.1. The molecule has 0 radical (unpaired) electrons. The summed E-state index contributed by atoms with van der Waals surface area (Å²) in [7, 11) is 1.63. The zero-order valence-corrected chi connectivity index (χ0v) is 16.3. The minimum Gasteiger partial charge on any atom is -0.383 e. The summed E-state index contributed by atoms with van der Waals surface area (Å²) in [4.78, 5) is 29.5. The van der Waals surface area contributed by atoms with Gasteiger partial charge in [-0.1, -0.05) is 24.3 Å². The van der Waals surface area contributed by atoms with Gasteiger partial charge in [0.15, 0.2) is 13.2 Å². The van der Waals surface area contributed by atoms with Crippen molar-refractivity contribution in [1.29, 1.82) is 0 Å². The van der Waals surface area contributed by atoms with E-state index in [9.17, 15) is 9.59 Å². The van der Waals surface area contributed by atoms with Gasteiger partial charge in [-0.3, -0.25) is 14.5 Å². The van der Waals surface area contributed by atoms with Gasteiger partial charge in [0.05, 0.1) is 17.9 Å². The van der Waals surface area contributed by atoms with Crippen molar-refractivity contribution in [2.75, 3.05) is 64.6 Å². The number of amides is 2. The summed E-state index contributed by atoms with van der Waals surface area (Å²) in [5.74, 6) is 0.180. The predicted molar refractivity (Wildman–Crippen MR) is 107 cm³/mol. The third-order valence-corrected chi connectivity index (χ3v) is 5.73. The number of carbonyl (C=O) groups excluding carboxylic acids is 2. The second kappa shape index (κ2) is 8.26. The number of carbonyl (C=O) groups is 2. The topological polar surface area (TPSA) is 67.5 Å². The molecule has 148 valence electrons. The van der Waals surface area contributed by atoms with Crippen LogP contribution in [0.1, 0.15) is 10.4 Å². The molecule has 2 amide bonds. The Kier molecular flexibility index (Phi) is 5.57. The number of nitrogens with zero attached hydrogens (tertiary/aromatic N) is 1. The van der Waals surface area contributed by atoms with Crippen LogP contribution in [0.4, 0.5) is 5.69 Å². The first-order chi connectivity index (χ1) is 13.7. The number of hydrogen-bond donors (Lipinski definition) is 3. The van der Waals surface area contributed by atoms with Crippen LogP contribution in [0.5, 0.6) is 0 Å². The van der Waals surface area contributed by atoms with Gasteiger partial charge < -0.3 is 19.9 Å². The molecule has 7 nitrogen and oxygen atoms in total. The Hall–Kier alpha value is -2.48. The van der Waals surface area contributed by atoms with Gasteiger partial charge in [-0.15, -0.1) is 0 Å². The lowest BCUT2D eigenvalue weighted by Gasteiger charge is -2.31. The van der Waals surface area contributed by atoms with Crippen molar-refractivity contribution in [2.45, 2.75) is 0 Å². The van der Waals surface area contributed by atoms with Crippen LogP contribution in [-0.2, 0) is 9.53 Å². The molecule has 1 saturated heterocycles. The molecule has 2 aliphatic heterocycles. The number of ether oxygens (including phenoxy) is 1. The maximum Gasteiger partial charge on any atom is 0.275 e. The molecule has 0 spiro atoms. The Bertz CT molecular complexity index is 872. The molecule has 4 rings (SSSR count). The van der Waals surface area contributed by atoms with Gasteiger partial charge in [-0.2, -0.15) is 0 Å². The van der Waals surface area contributed by atoms with Crippen LogP contribution in [0, 0.1) is 0 Å². The molecule has 2 heterocycles. The van der Waals surface area contributed by atoms with Gasteiger partial charge in [0.2, 0.25) is 0 Å². The lowest BCUT2D eigenvalue weighted by Crippen LogP contribution is -3.29. The zero-order chi connectivity index (χ0) is 19.5. The molecule has 7 heteroatoms. The SMILES string of the molecule is COCCNC(=O)C[NH+]1CC[NH+](CN2C(=O)c3cccc4cccc2c34)CC1. The molecule has 0 aliphatic carbocycles. The van der Waals surface area contributed by atoms with E-state index in [0.717, 1.165) is 48.2 Å². The van der Waals surface area contributed by atoms with Gasteiger partial charge in [0.25, 0.3) is 11.8 Å². The van der Waals surface area contributed by atoms with E-state index < -0.39 is 0 Å². The summed E-state index contributed by atoms with van der Waals surface area (Å²) in [6, 6.07) is 12.1. The highest BCUT2D eigenvalue weighted by atomic mass is 16.5. The third-order valence-electron chi connectivity index (χ3n) is 5.73. The summed E-state index contributed by atoms with van der Waals surface area (Å²) < 4.78 is 4.96. The van der Waals surface area contributed by atoms with Crippen LogP contribution in [0.15, 0.2) is 36.4 Å². The van der Waals surface area contributed by atoms with E-state index in [0.29, 0.717) is 26.4 Å². The maximum atomic E-state index is 12.9. The first-order valence-corrected chi connectivity index (χ1v) is 9.94. The predicted octanol–water partition coefficient (Wildman–Crippen LogP) is -1.70. The number of piperazine rings is 1. The van der Waals surface area contributed by atoms with Crippen LogP contribution < -0.4 is 20.0 Å². The summed E-state index contributed by atoms with van der Waals surface area (Å²) in [5, 5.41) is 5.08. The van der Waals surface area contributed by atoms with Crippen molar-refractivity contribution in [2.24, 2.45) is 0 Å². The number of benzene rings is 2. The summed E-state index contributed by atoms with van der Waals surface area (Å²) in [6.07, 6.45) is 0. The molecule has 1 fully saturated rings. The fraction of sp³-hybridized carbons (Fsp3) is 0.429. The van der Waals surface area contributed by atoms with Crippen molar-refractivity contribution in [3.05, 3.63) is 42.0 Å². The smallest absolute Gasteiger partial charge is 0.275 e. The molecular formula is C21H28N4O3+2. The van der Waals surface area contributed by atoms with Gasteiger partial charge in [-0.25, -0.2) is 0 Å². The van der Waals surface area contributed by atoms with E-state index in [4.69, 9.17) is 4.74 Å². The van der Waals surface area contributed by atoms with Crippen molar-refractivity contribution < 1.29 is 24.1 Å². The highest BCUT2D eigenvalue weighted by molar-refractivity contribution is 6.24. The van der Waals surface area contributed by atoms with Gasteiger partial charge in [-0.05, 0) is 17.5 Å². The first kappa shape index (κ1) is 18.9. The quantitative estimate of drug-likeness (QED) is 0.499. The summed E-state index contributed by atoms with van der Waals surface area (Å²) >= 11 is 0. The fourth-order valence-corrected chi connectivity index (χ4v) is 4.23. The molecule has 2 aromatic carbocycles. The standard InChI is InChI=1S/C21H26N4O3/c1-28-13-8-22-19(26)14-23-9-11-24(12-10-23)15-25-18-7-3-5-16-4-2-6-17(20(16)18)21(25)27/h2-7H,8-15H2,1H3,(H,22,26)/p+2. The van der Waals surface area contributed by atoms with E-state index in [1.807, 2.05) is 29.2 Å². The second-order valence-corrected chi connectivity index (χ2v) is 7.59. The van der Waals surface area contributed by atoms with Gasteiger partial charge in [0, 0.05) is 19.0 Å². The van der Waals surface area contributed by atoms with Gasteiger partial charge in [0.1, 0.15) is 26.2 Å². The van der Waals surface area contributed by atoms with Crippen LogP contribution >= 0.6 is 0 Å². The number of hydrogen-bond acceptors (Lipinski definition) is 3. The summed E-state index contributed by atoms with van der Waals surface area (Å²) in [6.45, 7) is 6.07. The van der Waals surface area contributed by atoms with E-state index in [2.05, 4.69) is 17.4 Å². The van der Waals surface area contributed by atoms with E-state index in [-0.39, 0.29) is 11.8 Å².